The fourth-order valence-electron chi connectivity index (χ4n) is 1.13. The predicted octanol–water partition coefficient (Wildman–Crippen LogP) is 1.58. The quantitative estimate of drug-likeness (QED) is 0.568. The highest BCUT2D eigenvalue weighted by atomic mass is 32.1. The molecule has 1 heterocycles. The van der Waals surface area contributed by atoms with E-state index in [1.54, 1.807) is 11.3 Å². The maximum atomic E-state index is 11.0. The molecule has 4 nitrogen and oxygen atoms in total. The minimum Gasteiger partial charge on any atom is -0.466 e. The molecule has 1 aromatic rings. The summed E-state index contributed by atoms with van der Waals surface area (Å²) in [4.78, 5) is 15.1. The lowest BCUT2D eigenvalue weighted by Crippen LogP contribution is -2.16. The molecule has 0 aliphatic rings. The van der Waals surface area contributed by atoms with Crippen LogP contribution >= 0.6 is 11.3 Å². The second-order valence-electron chi connectivity index (χ2n) is 3.07. The normalized spacial score (nSPS) is 10.2. The van der Waals surface area contributed by atoms with Gasteiger partial charge in [0.05, 0.1) is 17.8 Å². The number of ether oxygens (including phenoxy) is 1. The number of hydrogen-bond acceptors (Lipinski definition) is 5. The zero-order valence-corrected chi connectivity index (χ0v) is 9.68. The SMILES string of the molecule is CCOC(=O)CCCNCc1cscn1. The largest absolute Gasteiger partial charge is 0.466 e. The van der Waals surface area contributed by atoms with E-state index in [0.29, 0.717) is 13.0 Å². The summed E-state index contributed by atoms with van der Waals surface area (Å²) in [5.41, 5.74) is 2.87. The van der Waals surface area contributed by atoms with Gasteiger partial charge in [-0.2, -0.15) is 0 Å². The number of hydrogen-bond donors (Lipinski definition) is 1. The van der Waals surface area contributed by atoms with Gasteiger partial charge >= 0.3 is 5.97 Å². The standard InChI is InChI=1S/C10H16N2O2S/c1-2-14-10(13)4-3-5-11-6-9-7-15-8-12-9/h7-8,11H,2-6H2,1H3. The Labute approximate surface area is 93.7 Å². The van der Waals surface area contributed by atoms with Crippen LogP contribution in [-0.2, 0) is 16.1 Å². The highest BCUT2D eigenvalue weighted by Crippen LogP contribution is 2.00. The molecule has 0 aliphatic heterocycles. The number of esters is 1. The third-order valence-corrected chi connectivity index (χ3v) is 2.46. The first-order valence-corrected chi connectivity index (χ1v) is 6.00. The summed E-state index contributed by atoms with van der Waals surface area (Å²) in [5, 5.41) is 5.23. The molecule has 0 atom stereocenters. The minimum atomic E-state index is -0.118. The summed E-state index contributed by atoms with van der Waals surface area (Å²) in [7, 11) is 0. The molecule has 0 aromatic carbocycles. The first-order valence-electron chi connectivity index (χ1n) is 5.06. The third-order valence-electron chi connectivity index (χ3n) is 1.83. The number of nitrogens with zero attached hydrogens (tertiary/aromatic N) is 1. The Morgan fingerprint density at radius 1 is 1.67 bits per heavy atom. The van der Waals surface area contributed by atoms with Crippen molar-refractivity contribution >= 4 is 17.3 Å². The van der Waals surface area contributed by atoms with Crippen molar-refractivity contribution in [2.45, 2.75) is 26.3 Å². The molecule has 1 N–H and O–H groups in total. The summed E-state index contributed by atoms with van der Waals surface area (Å²) < 4.78 is 4.82. The molecule has 0 radical (unpaired) electrons. The summed E-state index contributed by atoms with van der Waals surface area (Å²) in [5.74, 6) is -0.118. The van der Waals surface area contributed by atoms with Crippen molar-refractivity contribution in [2.75, 3.05) is 13.2 Å². The van der Waals surface area contributed by atoms with E-state index in [4.69, 9.17) is 4.74 Å². The van der Waals surface area contributed by atoms with Gasteiger partial charge in [-0.15, -0.1) is 11.3 Å². The average molecular weight is 228 g/mol. The van der Waals surface area contributed by atoms with Gasteiger partial charge in [-0.05, 0) is 19.9 Å². The van der Waals surface area contributed by atoms with Crippen molar-refractivity contribution in [3.8, 4) is 0 Å². The van der Waals surface area contributed by atoms with E-state index < -0.39 is 0 Å². The van der Waals surface area contributed by atoms with Gasteiger partial charge in [0, 0.05) is 18.3 Å². The van der Waals surface area contributed by atoms with Crippen molar-refractivity contribution in [1.29, 1.82) is 0 Å². The lowest BCUT2D eigenvalue weighted by Gasteiger charge is -2.02. The molecule has 1 rings (SSSR count). The van der Waals surface area contributed by atoms with E-state index in [0.717, 1.165) is 25.2 Å². The number of thiazole rings is 1. The second kappa shape index (κ2) is 7.36. The molecule has 84 valence electrons. The minimum absolute atomic E-state index is 0.118. The lowest BCUT2D eigenvalue weighted by atomic mass is 10.3. The van der Waals surface area contributed by atoms with Crippen LogP contribution < -0.4 is 5.32 Å². The number of aromatic nitrogens is 1. The van der Waals surface area contributed by atoms with Gasteiger partial charge in [-0.25, -0.2) is 4.98 Å². The van der Waals surface area contributed by atoms with Crippen LogP contribution in [0.4, 0.5) is 0 Å². The fraction of sp³-hybridized carbons (Fsp3) is 0.600. The van der Waals surface area contributed by atoms with E-state index in [2.05, 4.69) is 10.3 Å². The Hall–Kier alpha value is -0.940. The van der Waals surface area contributed by atoms with E-state index >= 15 is 0 Å². The molecule has 5 heteroatoms. The van der Waals surface area contributed by atoms with Gasteiger partial charge in [-0.3, -0.25) is 4.79 Å². The Morgan fingerprint density at radius 3 is 3.20 bits per heavy atom. The Balaban J connectivity index is 1.95. The monoisotopic (exact) mass is 228 g/mol. The van der Waals surface area contributed by atoms with Gasteiger partial charge < -0.3 is 10.1 Å². The zero-order chi connectivity index (χ0) is 10.9. The van der Waals surface area contributed by atoms with Crippen molar-refractivity contribution in [1.82, 2.24) is 10.3 Å². The van der Waals surface area contributed by atoms with Gasteiger partial charge in [0.2, 0.25) is 0 Å². The topological polar surface area (TPSA) is 51.2 Å². The molecule has 0 unspecified atom stereocenters. The van der Waals surface area contributed by atoms with Crippen molar-refractivity contribution in [2.24, 2.45) is 0 Å². The fourth-order valence-corrected chi connectivity index (χ4v) is 1.69. The first-order chi connectivity index (χ1) is 7.33. The van der Waals surface area contributed by atoms with Crippen molar-refractivity contribution in [3.05, 3.63) is 16.6 Å². The van der Waals surface area contributed by atoms with E-state index in [1.165, 1.54) is 0 Å². The summed E-state index contributed by atoms with van der Waals surface area (Å²) in [6, 6.07) is 0. The number of nitrogens with one attached hydrogen (secondary N) is 1. The molecule has 1 aromatic heterocycles. The molecule has 0 spiro atoms. The van der Waals surface area contributed by atoms with E-state index in [1.807, 2.05) is 17.8 Å². The Bertz CT molecular complexity index is 275. The van der Waals surface area contributed by atoms with E-state index in [9.17, 15) is 4.79 Å². The highest BCUT2D eigenvalue weighted by molar-refractivity contribution is 7.07. The molecule has 0 amide bonds. The van der Waals surface area contributed by atoms with Crippen molar-refractivity contribution in [3.63, 3.8) is 0 Å². The van der Waals surface area contributed by atoms with Gasteiger partial charge in [0.25, 0.3) is 0 Å². The van der Waals surface area contributed by atoms with Crippen LogP contribution in [0.25, 0.3) is 0 Å². The summed E-state index contributed by atoms with van der Waals surface area (Å²) in [6.07, 6.45) is 1.29. The second-order valence-corrected chi connectivity index (χ2v) is 3.78. The van der Waals surface area contributed by atoms with Gasteiger partial charge in [0.15, 0.2) is 0 Å². The zero-order valence-electron chi connectivity index (χ0n) is 8.86. The predicted molar refractivity (Wildman–Crippen MR) is 59.7 cm³/mol. The first kappa shape index (κ1) is 12.1. The van der Waals surface area contributed by atoms with Gasteiger partial charge in [0.1, 0.15) is 0 Å². The van der Waals surface area contributed by atoms with Crippen LogP contribution in [0.15, 0.2) is 10.9 Å². The highest BCUT2D eigenvalue weighted by Gasteiger charge is 2.00. The van der Waals surface area contributed by atoms with Crippen LogP contribution in [0, 0.1) is 0 Å². The molecule has 15 heavy (non-hydrogen) atoms. The summed E-state index contributed by atoms with van der Waals surface area (Å²) >= 11 is 1.59. The molecule has 0 aliphatic carbocycles. The number of carbonyl (C=O) groups excluding carboxylic acids is 1. The van der Waals surface area contributed by atoms with Crippen LogP contribution in [0.2, 0.25) is 0 Å². The molecule has 0 fully saturated rings. The average Bonchev–Trinajstić information content (AvgIpc) is 2.70. The Morgan fingerprint density at radius 2 is 2.53 bits per heavy atom. The van der Waals surface area contributed by atoms with E-state index in [-0.39, 0.29) is 5.97 Å². The number of rotatable bonds is 7. The molecule has 0 saturated heterocycles. The van der Waals surface area contributed by atoms with Crippen molar-refractivity contribution < 1.29 is 9.53 Å². The maximum absolute atomic E-state index is 11.0. The molecular weight excluding hydrogens is 212 g/mol. The smallest absolute Gasteiger partial charge is 0.305 e. The summed E-state index contributed by atoms with van der Waals surface area (Å²) in [6.45, 7) is 3.87. The van der Waals surface area contributed by atoms with Crippen LogP contribution in [0.3, 0.4) is 0 Å². The molecule has 0 bridgehead atoms. The van der Waals surface area contributed by atoms with Crippen LogP contribution in [-0.4, -0.2) is 24.1 Å². The van der Waals surface area contributed by atoms with Crippen LogP contribution in [0.1, 0.15) is 25.5 Å². The molecular formula is C10H16N2O2S. The third kappa shape index (κ3) is 5.49. The van der Waals surface area contributed by atoms with Gasteiger partial charge in [-0.1, -0.05) is 0 Å². The lowest BCUT2D eigenvalue weighted by molar-refractivity contribution is -0.143. The number of carbonyl (C=O) groups is 1. The molecule has 0 saturated carbocycles. The maximum Gasteiger partial charge on any atom is 0.305 e. The Kier molecular flexibility index (Phi) is 5.96. The van der Waals surface area contributed by atoms with Crippen LogP contribution in [0.5, 0.6) is 0 Å².